The molecule has 0 aromatic heterocycles. The molecule has 0 saturated heterocycles. The number of ether oxygens (including phenoxy) is 1. The van der Waals surface area contributed by atoms with E-state index in [2.05, 4.69) is 57.2 Å². The fourth-order valence-corrected chi connectivity index (χ4v) is 4.77. The zero-order valence-electron chi connectivity index (χ0n) is 19.3. The van der Waals surface area contributed by atoms with Crippen LogP contribution in [0.2, 0.25) is 0 Å². The Kier molecular flexibility index (Phi) is 7.84. The molecule has 1 aliphatic rings. The van der Waals surface area contributed by atoms with Crippen molar-refractivity contribution < 1.29 is 14.3 Å². The SMILES string of the molecule is CCc1cc(C)cc(CC)c1C1=C(OC(C)=O)CC(CCCc2ccccc2)CC1=O. The summed E-state index contributed by atoms with van der Waals surface area (Å²) in [5.41, 5.74) is 6.48. The van der Waals surface area contributed by atoms with Crippen molar-refractivity contribution in [3.63, 3.8) is 0 Å². The second-order valence-electron chi connectivity index (χ2n) is 8.63. The summed E-state index contributed by atoms with van der Waals surface area (Å²) in [5.74, 6) is 0.547. The first-order valence-electron chi connectivity index (χ1n) is 11.5. The Labute approximate surface area is 186 Å². The third-order valence-corrected chi connectivity index (χ3v) is 6.15. The number of esters is 1. The number of allylic oxidation sites excluding steroid dienone is 2. The van der Waals surface area contributed by atoms with Crippen LogP contribution in [0.1, 0.15) is 74.3 Å². The molecule has 2 aromatic carbocycles. The first kappa shape index (κ1) is 23.0. The molecular formula is C28H34O3. The van der Waals surface area contributed by atoms with Gasteiger partial charge in [-0.2, -0.15) is 0 Å². The van der Waals surface area contributed by atoms with Gasteiger partial charge in [-0.15, -0.1) is 0 Å². The molecule has 0 bridgehead atoms. The van der Waals surface area contributed by atoms with Gasteiger partial charge in [0, 0.05) is 19.8 Å². The molecule has 0 amide bonds. The zero-order chi connectivity index (χ0) is 22.4. The smallest absolute Gasteiger partial charge is 0.307 e. The van der Waals surface area contributed by atoms with Gasteiger partial charge in [-0.05, 0) is 67.2 Å². The number of Topliss-reactive ketones (excluding diaryl/α,β-unsaturated/α-hetero) is 1. The Bertz CT molecular complexity index is 944. The molecule has 0 saturated carbocycles. The number of aryl methyl sites for hydroxylation is 4. The second-order valence-corrected chi connectivity index (χ2v) is 8.63. The molecule has 3 nitrogen and oxygen atoms in total. The summed E-state index contributed by atoms with van der Waals surface area (Å²) in [6.07, 6.45) is 5.83. The lowest BCUT2D eigenvalue weighted by atomic mass is 9.78. The van der Waals surface area contributed by atoms with Crippen molar-refractivity contribution in [2.75, 3.05) is 0 Å². The second kappa shape index (κ2) is 10.6. The molecule has 1 atom stereocenters. The first-order valence-corrected chi connectivity index (χ1v) is 11.5. The van der Waals surface area contributed by atoms with E-state index in [-0.39, 0.29) is 17.7 Å². The molecular weight excluding hydrogens is 384 g/mol. The Balaban J connectivity index is 1.90. The van der Waals surface area contributed by atoms with E-state index < -0.39 is 0 Å². The molecule has 0 aliphatic heterocycles. The maximum absolute atomic E-state index is 13.4. The Morgan fingerprint density at radius 2 is 1.68 bits per heavy atom. The van der Waals surface area contributed by atoms with E-state index in [0.29, 0.717) is 24.2 Å². The number of hydrogen-bond acceptors (Lipinski definition) is 3. The lowest BCUT2D eigenvalue weighted by Gasteiger charge is -2.28. The van der Waals surface area contributed by atoms with Crippen LogP contribution >= 0.6 is 0 Å². The molecule has 3 rings (SSSR count). The molecule has 164 valence electrons. The van der Waals surface area contributed by atoms with Gasteiger partial charge in [0.05, 0.1) is 5.57 Å². The topological polar surface area (TPSA) is 43.4 Å². The molecule has 0 heterocycles. The van der Waals surface area contributed by atoms with Gasteiger partial charge in [0.2, 0.25) is 0 Å². The van der Waals surface area contributed by atoms with E-state index in [1.807, 2.05) is 6.07 Å². The number of ketones is 1. The third-order valence-electron chi connectivity index (χ3n) is 6.15. The fourth-order valence-electron chi connectivity index (χ4n) is 4.77. The van der Waals surface area contributed by atoms with E-state index in [1.54, 1.807) is 0 Å². The van der Waals surface area contributed by atoms with Crippen LogP contribution in [0.15, 0.2) is 48.2 Å². The van der Waals surface area contributed by atoms with Gasteiger partial charge in [-0.25, -0.2) is 0 Å². The average molecular weight is 419 g/mol. The van der Waals surface area contributed by atoms with Gasteiger partial charge in [-0.3, -0.25) is 9.59 Å². The van der Waals surface area contributed by atoms with Crippen LogP contribution in [0.4, 0.5) is 0 Å². The molecule has 0 radical (unpaired) electrons. The molecule has 0 N–H and O–H groups in total. The maximum Gasteiger partial charge on any atom is 0.307 e. The monoisotopic (exact) mass is 418 g/mol. The van der Waals surface area contributed by atoms with Crippen LogP contribution in [0.3, 0.4) is 0 Å². The van der Waals surface area contributed by atoms with Crippen LogP contribution in [0, 0.1) is 12.8 Å². The van der Waals surface area contributed by atoms with Crippen LogP contribution in [-0.4, -0.2) is 11.8 Å². The summed E-state index contributed by atoms with van der Waals surface area (Å²) in [6.45, 7) is 7.74. The summed E-state index contributed by atoms with van der Waals surface area (Å²) >= 11 is 0. The number of rotatable bonds is 8. The van der Waals surface area contributed by atoms with E-state index in [0.717, 1.165) is 48.8 Å². The van der Waals surface area contributed by atoms with Crippen LogP contribution < -0.4 is 0 Å². The van der Waals surface area contributed by atoms with Gasteiger partial charge in [0.15, 0.2) is 5.78 Å². The van der Waals surface area contributed by atoms with Gasteiger partial charge in [0.1, 0.15) is 5.76 Å². The highest BCUT2D eigenvalue weighted by molar-refractivity contribution is 6.23. The quantitative estimate of drug-likeness (QED) is 0.466. The summed E-state index contributed by atoms with van der Waals surface area (Å²) in [7, 11) is 0. The average Bonchev–Trinajstić information content (AvgIpc) is 2.74. The van der Waals surface area contributed by atoms with Gasteiger partial charge in [-0.1, -0.05) is 61.9 Å². The van der Waals surface area contributed by atoms with Crippen LogP contribution in [-0.2, 0) is 33.6 Å². The lowest BCUT2D eigenvalue weighted by Crippen LogP contribution is -2.22. The minimum absolute atomic E-state index is 0.112. The predicted octanol–water partition coefficient (Wildman–Crippen LogP) is 6.40. The van der Waals surface area contributed by atoms with Crippen molar-refractivity contribution in [3.05, 3.63) is 76.0 Å². The van der Waals surface area contributed by atoms with Crippen molar-refractivity contribution in [1.29, 1.82) is 0 Å². The summed E-state index contributed by atoms with van der Waals surface area (Å²) in [6, 6.07) is 14.8. The maximum atomic E-state index is 13.4. The first-order chi connectivity index (χ1) is 14.9. The number of hydrogen-bond donors (Lipinski definition) is 0. The highest BCUT2D eigenvalue weighted by atomic mass is 16.5. The van der Waals surface area contributed by atoms with Gasteiger partial charge < -0.3 is 4.74 Å². The summed E-state index contributed by atoms with van der Waals surface area (Å²) in [4.78, 5) is 25.3. The summed E-state index contributed by atoms with van der Waals surface area (Å²) < 4.78 is 5.67. The van der Waals surface area contributed by atoms with Gasteiger partial charge >= 0.3 is 5.97 Å². The van der Waals surface area contributed by atoms with Crippen LogP contribution in [0.5, 0.6) is 0 Å². The van der Waals surface area contributed by atoms with Crippen molar-refractivity contribution >= 4 is 17.3 Å². The zero-order valence-corrected chi connectivity index (χ0v) is 19.3. The highest BCUT2D eigenvalue weighted by Crippen LogP contribution is 2.39. The Morgan fingerprint density at radius 1 is 1.03 bits per heavy atom. The van der Waals surface area contributed by atoms with Gasteiger partial charge in [0.25, 0.3) is 0 Å². The molecule has 1 unspecified atom stereocenters. The molecule has 0 fully saturated rings. The van der Waals surface area contributed by atoms with Crippen LogP contribution in [0.25, 0.3) is 5.57 Å². The lowest BCUT2D eigenvalue weighted by molar-refractivity contribution is -0.137. The Hall–Kier alpha value is -2.68. The molecule has 31 heavy (non-hydrogen) atoms. The van der Waals surface area contributed by atoms with Crippen molar-refractivity contribution in [2.45, 2.75) is 72.6 Å². The minimum Gasteiger partial charge on any atom is -0.430 e. The summed E-state index contributed by atoms with van der Waals surface area (Å²) in [5, 5.41) is 0. The highest BCUT2D eigenvalue weighted by Gasteiger charge is 2.32. The largest absolute Gasteiger partial charge is 0.430 e. The van der Waals surface area contributed by atoms with Crippen molar-refractivity contribution in [3.8, 4) is 0 Å². The van der Waals surface area contributed by atoms with E-state index in [1.165, 1.54) is 18.1 Å². The molecule has 2 aromatic rings. The Morgan fingerprint density at radius 3 is 2.26 bits per heavy atom. The normalized spacial score (nSPS) is 16.5. The third kappa shape index (κ3) is 5.72. The molecule has 1 aliphatic carbocycles. The molecule has 3 heteroatoms. The van der Waals surface area contributed by atoms with Crippen molar-refractivity contribution in [1.82, 2.24) is 0 Å². The predicted molar refractivity (Wildman–Crippen MR) is 126 cm³/mol. The fraction of sp³-hybridized carbons (Fsp3) is 0.429. The number of carbonyl (C=O) groups excluding carboxylic acids is 2. The standard InChI is InChI=1S/C28H34O3/c1-5-23-15-19(3)16-24(6-2)27(23)28-25(30)17-22(18-26(28)31-20(4)29)14-10-13-21-11-8-7-9-12-21/h7-9,11-12,15-16,22H,5-6,10,13-14,17-18H2,1-4H3. The van der Waals surface area contributed by atoms with E-state index >= 15 is 0 Å². The minimum atomic E-state index is -0.353. The number of carbonyl (C=O) groups is 2. The van der Waals surface area contributed by atoms with Crippen molar-refractivity contribution in [2.24, 2.45) is 5.92 Å². The number of benzene rings is 2. The molecule has 0 spiro atoms. The van der Waals surface area contributed by atoms with E-state index in [9.17, 15) is 9.59 Å². The van der Waals surface area contributed by atoms with E-state index in [4.69, 9.17) is 4.74 Å².